The van der Waals surface area contributed by atoms with Gasteiger partial charge in [0.15, 0.2) is 5.65 Å². The second-order valence-corrected chi connectivity index (χ2v) is 10.7. The fourth-order valence-corrected chi connectivity index (χ4v) is 4.80. The third-order valence-electron chi connectivity index (χ3n) is 7.06. The molecule has 1 aromatic carbocycles. The van der Waals surface area contributed by atoms with Crippen LogP contribution in [0.1, 0.15) is 109 Å². The number of hydrogen-bond donors (Lipinski definition) is 2. The van der Waals surface area contributed by atoms with Crippen LogP contribution in [0.2, 0.25) is 0 Å². The molecule has 0 aliphatic heterocycles. The van der Waals surface area contributed by atoms with Crippen molar-refractivity contribution >= 4 is 28.3 Å². The van der Waals surface area contributed by atoms with Crippen molar-refractivity contribution in [2.45, 2.75) is 99.3 Å². The van der Waals surface area contributed by atoms with Crippen LogP contribution in [0, 0.1) is 6.92 Å². The van der Waals surface area contributed by atoms with Crippen LogP contribution in [0.15, 0.2) is 29.6 Å². The van der Waals surface area contributed by atoms with Crippen molar-refractivity contribution in [3.05, 3.63) is 57.6 Å². The number of aromatic amines is 1. The van der Waals surface area contributed by atoms with E-state index in [0.29, 0.717) is 5.65 Å². The Morgan fingerprint density at radius 1 is 1.11 bits per heavy atom. The zero-order valence-corrected chi connectivity index (χ0v) is 24.1. The minimum Gasteiger partial charge on any atom is -0.372 e. The first-order valence-electron chi connectivity index (χ1n) is 14.2. The van der Waals surface area contributed by atoms with E-state index >= 15 is 0 Å². The number of unbranched alkanes of at least 4 members (excludes halogenated alkanes) is 3. The lowest BCUT2D eigenvalue weighted by Gasteiger charge is -2.25. The van der Waals surface area contributed by atoms with Crippen LogP contribution in [0.4, 0.5) is 17.1 Å². The number of H-pyrrole nitrogens is 1. The fraction of sp³-hybridized carbons (Fsp3) is 0.548. The van der Waals surface area contributed by atoms with Crippen molar-refractivity contribution in [3.63, 3.8) is 0 Å². The zero-order valence-electron chi connectivity index (χ0n) is 24.1. The van der Waals surface area contributed by atoms with Gasteiger partial charge in [0.1, 0.15) is 5.69 Å². The maximum absolute atomic E-state index is 13.6. The van der Waals surface area contributed by atoms with Crippen molar-refractivity contribution < 1.29 is 0 Å². The summed E-state index contributed by atoms with van der Waals surface area (Å²) in [6, 6.07) is 6.63. The molecular weight excluding hydrogens is 458 g/mol. The van der Waals surface area contributed by atoms with Gasteiger partial charge in [0.25, 0.3) is 5.56 Å². The molecule has 3 aromatic rings. The molecule has 0 spiro atoms. The van der Waals surface area contributed by atoms with Gasteiger partial charge in [-0.15, -0.1) is 0 Å². The highest BCUT2D eigenvalue weighted by Gasteiger charge is 2.22. The Hall–Kier alpha value is -3.02. The van der Waals surface area contributed by atoms with E-state index in [1.807, 2.05) is 6.92 Å². The molecule has 202 valence electrons. The largest absolute Gasteiger partial charge is 0.372 e. The average Bonchev–Trinajstić information content (AvgIpc) is 3.23. The number of aryl methyl sites for hydroxylation is 1. The summed E-state index contributed by atoms with van der Waals surface area (Å²) >= 11 is 0. The SMILES string of the molecule is C=C(C)c1[nH]n2c(=O)c(CCCC)c(C(C)C)nc2c1Nc1ccc(N(CCCC)CCCC)cc1C. The molecule has 0 aliphatic rings. The summed E-state index contributed by atoms with van der Waals surface area (Å²) < 4.78 is 1.60. The molecule has 2 heterocycles. The Morgan fingerprint density at radius 3 is 2.30 bits per heavy atom. The molecule has 0 unspecified atom stereocenters. The fourth-order valence-electron chi connectivity index (χ4n) is 4.80. The molecule has 0 aliphatic carbocycles. The van der Waals surface area contributed by atoms with E-state index in [9.17, 15) is 4.79 Å². The van der Waals surface area contributed by atoms with Gasteiger partial charge in [0, 0.05) is 30.0 Å². The van der Waals surface area contributed by atoms with Crippen LogP contribution in [0.25, 0.3) is 11.2 Å². The summed E-state index contributed by atoms with van der Waals surface area (Å²) in [4.78, 5) is 21.1. The minimum atomic E-state index is -0.00717. The quantitative estimate of drug-likeness (QED) is 0.233. The Balaban J connectivity index is 2.07. The van der Waals surface area contributed by atoms with Gasteiger partial charge in [-0.25, -0.2) is 4.98 Å². The van der Waals surface area contributed by atoms with Crippen LogP contribution in [0.3, 0.4) is 0 Å². The van der Waals surface area contributed by atoms with Gasteiger partial charge in [-0.1, -0.05) is 60.5 Å². The summed E-state index contributed by atoms with van der Waals surface area (Å²) in [7, 11) is 0. The van der Waals surface area contributed by atoms with Crippen LogP contribution in [0.5, 0.6) is 0 Å². The molecule has 0 amide bonds. The number of nitrogens with zero attached hydrogens (tertiary/aromatic N) is 3. The van der Waals surface area contributed by atoms with Crippen LogP contribution in [-0.4, -0.2) is 27.7 Å². The summed E-state index contributed by atoms with van der Waals surface area (Å²) in [5.74, 6) is 0.166. The maximum atomic E-state index is 13.6. The lowest BCUT2D eigenvalue weighted by Crippen LogP contribution is -2.25. The van der Waals surface area contributed by atoms with E-state index in [1.165, 1.54) is 31.4 Å². The first-order valence-corrected chi connectivity index (χ1v) is 14.2. The second kappa shape index (κ2) is 13.0. The Bertz CT molecular complexity index is 1260. The van der Waals surface area contributed by atoms with Gasteiger partial charge in [-0.05, 0) is 74.8 Å². The Labute approximate surface area is 223 Å². The number of fused-ring (bicyclic) bond motifs is 1. The maximum Gasteiger partial charge on any atom is 0.276 e. The predicted octanol–water partition coefficient (Wildman–Crippen LogP) is 7.98. The molecular formula is C31H47N5O. The highest BCUT2D eigenvalue weighted by molar-refractivity contribution is 5.86. The highest BCUT2D eigenvalue weighted by atomic mass is 16.1. The molecule has 3 rings (SSSR count). The third kappa shape index (κ3) is 6.46. The molecule has 0 fully saturated rings. The average molecular weight is 506 g/mol. The van der Waals surface area contributed by atoms with Crippen molar-refractivity contribution in [1.29, 1.82) is 0 Å². The molecule has 0 saturated carbocycles. The van der Waals surface area contributed by atoms with Crippen LogP contribution >= 0.6 is 0 Å². The number of nitrogens with one attached hydrogen (secondary N) is 2. The summed E-state index contributed by atoms with van der Waals surface area (Å²) in [5, 5.41) is 6.92. The van der Waals surface area contributed by atoms with Gasteiger partial charge in [-0.2, -0.15) is 4.52 Å². The standard InChI is InChI=1S/C31H47N5O/c1-9-12-15-25-27(21(4)5)33-30-29(28(22(6)7)34-36(30)31(25)37)32-26-17-16-24(20-23(26)8)35(18-13-10-2)19-14-11-3/h16-17,20-21,32,34H,6,9-15,18-19H2,1-5,7-8H3. The lowest BCUT2D eigenvalue weighted by molar-refractivity contribution is 0.678. The second-order valence-electron chi connectivity index (χ2n) is 10.7. The highest BCUT2D eigenvalue weighted by Crippen LogP contribution is 2.32. The first-order chi connectivity index (χ1) is 17.7. The van der Waals surface area contributed by atoms with Crippen molar-refractivity contribution in [1.82, 2.24) is 14.6 Å². The predicted molar refractivity (Wildman–Crippen MR) is 160 cm³/mol. The molecule has 0 bridgehead atoms. The number of allylic oxidation sites excluding steroid dienone is 1. The molecule has 6 nitrogen and oxygen atoms in total. The number of benzene rings is 1. The summed E-state index contributed by atoms with van der Waals surface area (Å²) in [6.07, 6.45) is 7.53. The van der Waals surface area contributed by atoms with E-state index in [1.54, 1.807) is 4.52 Å². The monoisotopic (exact) mass is 505 g/mol. The number of aromatic nitrogens is 3. The topological polar surface area (TPSA) is 65.4 Å². The normalized spacial score (nSPS) is 11.5. The molecule has 2 N–H and O–H groups in total. The van der Waals surface area contributed by atoms with Gasteiger partial charge >= 0.3 is 0 Å². The van der Waals surface area contributed by atoms with E-state index in [4.69, 9.17) is 4.98 Å². The van der Waals surface area contributed by atoms with Crippen molar-refractivity contribution in [2.24, 2.45) is 0 Å². The van der Waals surface area contributed by atoms with Crippen LogP contribution in [-0.2, 0) is 6.42 Å². The molecule has 37 heavy (non-hydrogen) atoms. The van der Waals surface area contributed by atoms with Crippen LogP contribution < -0.4 is 15.8 Å². The van der Waals surface area contributed by atoms with Gasteiger partial charge in [0.2, 0.25) is 0 Å². The minimum absolute atomic E-state index is 0.00717. The van der Waals surface area contributed by atoms with Gasteiger partial charge in [0.05, 0.1) is 11.4 Å². The van der Waals surface area contributed by atoms with Crippen molar-refractivity contribution in [3.8, 4) is 0 Å². The van der Waals surface area contributed by atoms with E-state index in [2.05, 4.69) is 81.6 Å². The lowest BCUT2D eigenvalue weighted by atomic mass is 10.0. The summed E-state index contributed by atoms with van der Waals surface area (Å²) in [5.41, 5.74) is 8.23. The first kappa shape index (κ1) is 28.5. The molecule has 0 atom stereocenters. The third-order valence-corrected chi connectivity index (χ3v) is 7.06. The number of hydrogen-bond acceptors (Lipinski definition) is 4. The zero-order chi connectivity index (χ0) is 27.1. The van der Waals surface area contributed by atoms with Gasteiger partial charge in [-0.3, -0.25) is 9.89 Å². The van der Waals surface area contributed by atoms with Crippen molar-refractivity contribution in [2.75, 3.05) is 23.3 Å². The molecule has 2 aromatic heterocycles. The number of anilines is 3. The number of rotatable bonds is 14. The van der Waals surface area contributed by atoms with E-state index in [-0.39, 0.29) is 11.5 Å². The van der Waals surface area contributed by atoms with E-state index in [0.717, 1.165) is 71.8 Å². The summed E-state index contributed by atoms with van der Waals surface area (Å²) in [6.45, 7) is 21.3. The Morgan fingerprint density at radius 2 is 1.76 bits per heavy atom. The molecule has 0 saturated heterocycles. The molecule has 0 radical (unpaired) electrons. The smallest absolute Gasteiger partial charge is 0.276 e. The molecule has 6 heteroatoms. The van der Waals surface area contributed by atoms with Gasteiger partial charge < -0.3 is 10.2 Å². The Kier molecular flexibility index (Phi) is 10.0. The van der Waals surface area contributed by atoms with E-state index < -0.39 is 0 Å².